The van der Waals surface area contributed by atoms with Crippen molar-refractivity contribution in [3.63, 3.8) is 0 Å². The number of hydrogen-bond donors (Lipinski definition) is 2. The SMILES string of the molecule is C=CCNC(=O)Oc1ccc(CSC(=O)N2CCNCC2)cc1. The van der Waals surface area contributed by atoms with Crippen LogP contribution in [0.1, 0.15) is 5.56 Å². The minimum absolute atomic E-state index is 0.107. The largest absolute Gasteiger partial charge is 0.412 e. The van der Waals surface area contributed by atoms with E-state index in [1.807, 2.05) is 17.0 Å². The van der Waals surface area contributed by atoms with Crippen LogP contribution in [-0.4, -0.2) is 49.0 Å². The first-order valence-electron chi connectivity index (χ1n) is 7.47. The third-order valence-electron chi connectivity index (χ3n) is 3.26. The number of nitrogens with zero attached hydrogens (tertiary/aromatic N) is 1. The molecule has 0 radical (unpaired) electrons. The van der Waals surface area contributed by atoms with E-state index < -0.39 is 6.09 Å². The van der Waals surface area contributed by atoms with Crippen molar-refractivity contribution in [2.24, 2.45) is 0 Å². The first-order valence-corrected chi connectivity index (χ1v) is 8.45. The molecule has 0 atom stereocenters. The summed E-state index contributed by atoms with van der Waals surface area (Å²) >= 11 is 1.29. The van der Waals surface area contributed by atoms with Gasteiger partial charge < -0.3 is 20.3 Å². The molecule has 0 bridgehead atoms. The van der Waals surface area contributed by atoms with Crippen LogP contribution in [0.3, 0.4) is 0 Å². The zero-order chi connectivity index (χ0) is 16.5. The Labute approximate surface area is 140 Å². The van der Waals surface area contributed by atoms with Crippen molar-refractivity contribution < 1.29 is 14.3 Å². The van der Waals surface area contributed by atoms with Crippen LogP contribution < -0.4 is 15.4 Å². The van der Waals surface area contributed by atoms with E-state index >= 15 is 0 Å². The van der Waals surface area contributed by atoms with Gasteiger partial charge in [-0.2, -0.15) is 0 Å². The molecule has 1 aliphatic rings. The van der Waals surface area contributed by atoms with Gasteiger partial charge in [-0.25, -0.2) is 4.79 Å². The molecule has 1 aromatic rings. The van der Waals surface area contributed by atoms with Crippen LogP contribution in [0.2, 0.25) is 0 Å². The molecule has 124 valence electrons. The topological polar surface area (TPSA) is 70.7 Å². The van der Waals surface area contributed by atoms with Crippen LogP contribution in [-0.2, 0) is 5.75 Å². The monoisotopic (exact) mass is 335 g/mol. The highest BCUT2D eigenvalue weighted by atomic mass is 32.2. The second-order valence-electron chi connectivity index (χ2n) is 4.99. The maximum absolute atomic E-state index is 12.1. The predicted octanol–water partition coefficient (Wildman–Crippen LogP) is 2.22. The van der Waals surface area contributed by atoms with Crippen molar-refractivity contribution in [3.8, 4) is 5.75 Å². The van der Waals surface area contributed by atoms with E-state index in [9.17, 15) is 9.59 Å². The fraction of sp³-hybridized carbons (Fsp3) is 0.375. The number of benzene rings is 1. The van der Waals surface area contributed by atoms with Crippen molar-refractivity contribution in [1.29, 1.82) is 0 Å². The molecule has 2 amide bonds. The van der Waals surface area contributed by atoms with Gasteiger partial charge in [0.1, 0.15) is 5.75 Å². The molecule has 2 N–H and O–H groups in total. The Kier molecular flexibility index (Phi) is 6.96. The molecule has 1 aromatic carbocycles. The number of carbonyl (C=O) groups is 2. The van der Waals surface area contributed by atoms with Crippen molar-refractivity contribution in [2.45, 2.75) is 5.75 Å². The highest BCUT2D eigenvalue weighted by Gasteiger charge is 2.16. The van der Waals surface area contributed by atoms with E-state index in [-0.39, 0.29) is 5.24 Å². The summed E-state index contributed by atoms with van der Waals surface area (Å²) in [6.07, 6.45) is 1.07. The molecule has 2 rings (SSSR count). The van der Waals surface area contributed by atoms with Gasteiger partial charge in [0.2, 0.25) is 0 Å². The van der Waals surface area contributed by atoms with E-state index in [2.05, 4.69) is 17.2 Å². The Bertz CT molecular complexity index is 542. The fourth-order valence-electron chi connectivity index (χ4n) is 2.04. The molecule has 0 aliphatic carbocycles. The molecule has 1 heterocycles. The average molecular weight is 335 g/mol. The number of nitrogens with one attached hydrogen (secondary N) is 2. The Morgan fingerprint density at radius 2 is 2.00 bits per heavy atom. The van der Waals surface area contributed by atoms with E-state index in [4.69, 9.17) is 4.74 Å². The van der Waals surface area contributed by atoms with Gasteiger partial charge in [0.05, 0.1) is 0 Å². The van der Waals surface area contributed by atoms with Crippen LogP contribution >= 0.6 is 11.8 Å². The maximum Gasteiger partial charge on any atom is 0.412 e. The van der Waals surface area contributed by atoms with Gasteiger partial charge in [-0.3, -0.25) is 4.79 Å². The molecule has 0 spiro atoms. The van der Waals surface area contributed by atoms with Crippen LogP contribution in [0.25, 0.3) is 0 Å². The van der Waals surface area contributed by atoms with Gasteiger partial charge >= 0.3 is 6.09 Å². The number of piperazine rings is 1. The van der Waals surface area contributed by atoms with Crippen LogP contribution in [0.4, 0.5) is 9.59 Å². The molecule has 1 fully saturated rings. The Hall–Kier alpha value is -1.99. The summed E-state index contributed by atoms with van der Waals surface area (Å²) in [5, 5.41) is 5.86. The van der Waals surface area contributed by atoms with Crippen molar-refractivity contribution in [3.05, 3.63) is 42.5 Å². The standard InChI is InChI=1S/C16H21N3O3S/c1-2-7-18-15(20)22-14-5-3-13(4-6-14)12-23-16(21)19-10-8-17-9-11-19/h2-6,17H,1,7-12H2,(H,18,20). The number of rotatable bonds is 5. The lowest BCUT2D eigenvalue weighted by Crippen LogP contribution is -2.45. The molecule has 1 aliphatic heterocycles. The van der Waals surface area contributed by atoms with E-state index in [1.54, 1.807) is 18.2 Å². The van der Waals surface area contributed by atoms with Crippen molar-refractivity contribution in [2.75, 3.05) is 32.7 Å². The van der Waals surface area contributed by atoms with Crippen molar-refractivity contribution in [1.82, 2.24) is 15.5 Å². The van der Waals surface area contributed by atoms with E-state index in [0.717, 1.165) is 31.7 Å². The number of carbonyl (C=O) groups excluding carboxylic acids is 2. The lowest BCUT2D eigenvalue weighted by atomic mass is 10.2. The van der Waals surface area contributed by atoms with Gasteiger partial charge in [-0.1, -0.05) is 30.0 Å². The second kappa shape index (κ2) is 9.22. The summed E-state index contributed by atoms with van der Waals surface area (Å²) in [7, 11) is 0. The van der Waals surface area contributed by atoms with Gasteiger partial charge in [-0.05, 0) is 17.7 Å². The predicted molar refractivity (Wildman–Crippen MR) is 91.8 cm³/mol. The summed E-state index contributed by atoms with van der Waals surface area (Å²) in [6.45, 7) is 7.11. The minimum Gasteiger partial charge on any atom is -0.410 e. The van der Waals surface area contributed by atoms with Gasteiger partial charge in [-0.15, -0.1) is 6.58 Å². The first kappa shape index (κ1) is 17.4. The summed E-state index contributed by atoms with van der Waals surface area (Å²) in [4.78, 5) is 25.3. The summed E-state index contributed by atoms with van der Waals surface area (Å²) in [6, 6.07) is 7.15. The third kappa shape index (κ3) is 5.96. The first-order chi connectivity index (χ1) is 11.2. The highest BCUT2D eigenvalue weighted by Crippen LogP contribution is 2.19. The molecule has 0 aromatic heterocycles. The number of hydrogen-bond acceptors (Lipinski definition) is 5. The number of amides is 2. The van der Waals surface area contributed by atoms with Crippen LogP contribution in [0, 0.1) is 0 Å². The second-order valence-corrected chi connectivity index (χ2v) is 5.92. The minimum atomic E-state index is -0.513. The zero-order valence-corrected chi connectivity index (χ0v) is 13.7. The molecular weight excluding hydrogens is 314 g/mol. The lowest BCUT2D eigenvalue weighted by Gasteiger charge is -2.26. The summed E-state index contributed by atoms with van der Waals surface area (Å²) in [5.41, 5.74) is 1.01. The molecule has 1 saturated heterocycles. The van der Waals surface area contributed by atoms with Gasteiger partial charge in [0.25, 0.3) is 5.24 Å². The quantitative estimate of drug-likeness (QED) is 0.808. The Morgan fingerprint density at radius 3 is 2.65 bits per heavy atom. The fourth-order valence-corrected chi connectivity index (χ4v) is 2.88. The molecule has 0 unspecified atom stereocenters. The van der Waals surface area contributed by atoms with E-state index in [0.29, 0.717) is 18.0 Å². The molecule has 6 nitrogen and oxygen atoms in total. The summed E-state index contributed by atoms with van der Waals surface area (Å²) in [5.74, 6) is 1.07. The smallest absolute Gasteiger partial charge is 0.410 e. The van der Waals surface area contributed by atoms with Gasteiger partial charge in [0, 0.05) is 38.5 Å². The van der Waals surface area contributed by atoms with Gasteiger partial charge in [0.15, 0.2) is 0 Å². The van der Waals surface area contributed by atoms with Crippen LogP contribution in [0.15, 0.2) is 36.9 Å². The average Bonchev–Trinajstić information content (AvgIpc) is 2.60. The zero-order valence-electron chi connectivity index (χ0n) is 12.9. The molecule has 7 heteroatoms. The lowest BCUT2D eigenvalue weighted by molar-refractivity contribution is 0.201. The maximum atomic E-state index is 12.1. The number of thioether (sulfide) groups is 1. The normalized spacial score (nSPS) is 14.2. The Morgan fingerprint density at radius 1 is 1.30 bits per heavy atom. The van der Waals surface area contributed by atoms with Crippen LogP contribution in [0.5, 0.6) is 5.75 Å². The Balaban J connectivity index is 1.77. The van der Waals surface area contributed by atoms with Crippen molar-refractivity contribution >= 4 is 23.1 Å². The molecule has 23 heavy (non-hydrogen) atoms. The highest BCUT2D eigenvalue weighted by molar-refractivity contribution is 8.12. The third-order valence-corrected chi connectivity index (χ3v) is 4.24. The molecule has 0 saturated carbocycles. The van der Waals surface area contributed by atoms with E-state index in [1.165, 1.54) is 11.8 Å². The molecular formula is C16H21N3O3S. The number of ether oxygens (including phenoxy) is 1. The summed E-state index contributed by atoms with van der Waals surface area (Å²) < 4.78 is 5.11.